The van der Waals surface area contributed by atoms with E-state index in [1.165, 1.54) is 26.2 Å². The minimum Gasteiger partial charge on any atom is -0.487 e. The smallest absolute Gasteiger partial charge is 0.221 e. The zero-order valence-electron chi connectivity index (χ0n) is 10.8. The van der Waals surface area contributed by atoms with Gasteiger partial charge in [0.25, 0.3) is 0 Å². The number of anilines is 1. The highest BCUT2D eigenvalue weighted by molar-refractivity contribution is 6.37. The predicted molar refractivity (Wildman–Crippen MR) is 78.3 cm³/mol. The van der Waals surface area contributed by atoms with Crippen molar-refractivity contribution in [1.29, 1.82) is 0 Å². The molecule has 1 aromatic carbocycles. The third-order valence-electron chi connectivity index (χ3n) is 3.16. The van der Waals surface area contributed by atoms with Crippen LogP contribution >= 0.6 is 23.2 Å². The van der Waals surface area contributed by atoms with E-state index in [1.807, 2.05) is 0 Å². The number of hydrogen-bond acceptors (Lipinski definition) is 2. The van der Waals surface area contributed by atoms with Gasteiger partial charge in [0.2, 0.25) is 5.91 Å². The molecule has 1 amide bonds. The normalized spacial score (nSPS) is 16.2. The fourth-order valence-electron chi connectivity index (χ4n) is 2.30. The molecule has 0 aliphatic heterocycles. The zero-order valence-corrected chi connectivity index (χ0v) is 12.4. The maximum Gasteiger partial charge on any atom is 0.221 e. The van der Waals surface area contributed by atoms with Crippen molar-refractivity contribution in [2.45, 2.75) is 45.1 Å². The third kappa shape index (κ3) is 4.02. The highest BCUT2D eigenvalue weighted by Gasteiger charge is 2.18. The Kier molecular flexibility index (Phi) is 4.94. The first-order chi connectivity index (χ1) is 9.06. The molecule has 0 unspecified atom stereocenters. The molecule has 2 rings (SSSR count). The number of hydrogen-bond donors (Lipinski definition) is 1. The first-order valence-corrected chi connectivity index (χ1v) is 7.25. The number of carbonyl (C=O) groups excluding carboxylic acids is 1. The lowest BCUT2D eigenvalue weighted by atomic mass is 9.98. The van der Waals surface area contributed by atoms with Crippen LogP contribution < -0.4 is 10.1 Å². The Hall–Kier alpha value is -0.930. The van der Waals surface area contributed by atoms with Crippen molar-refractivity contribution < 1.29 is 9.53 Å². The lowest BCUT2D eigenvalue weighted by Crippen LogP contribution is -2.20. The van der Waals surface area contributed by atoms with Crippen molar-refractivity contribution in [3.05, 3.63) is 22.2 Å². The predicted octanol–water partition coefficient (Wildman–Crippen LogP) is 4.66. The van der Waals surface area contributed by atoms with E-state index in [9.17, 15) is 4.79 Å². The lowest BCUT2D eigenvalue weighted by Gasteiger charge is -2.24. The standard InChI is InChI=1S/C14H17Cl2NO2/c1-9(18)17-10-7-12(15)14(13(16)8-10)19-11-5-3-2-4-6-11/h7-8,11H,2-6H2,1H3,(H,17,18). The third-order valence-corrected chi connectivity index (χ3v) is 3.72. The largest absolute Gasteiger partial charge is 0.487 e. The Labute approximate surface area is 123 Å². The second kappa shape index (κ2) is 6.49. The molecule has 1 aromatic rings. The number of halogens is 2. The monoisotopic (exact) mass is 301 g/mol. The van der Waals surface area contributed by atoms with E-state index in [4.69, 9.17) is 27.9 Å². The van der Waals surface area contributed by atoms with E-state index in [0.717, 1.165) is 12.8 Å². The van der Waals surface area contributed by atoms with Crippen molar-refractivity contribution in [3.8, 4) is 5.75 Å². The van der Waals surface area contributed by atoms with Gasteiger partial charge < -0.3 is 10.1 Å². The maximum absolute atomic E-state index is 11.0. The summed E-state index contributed by atoms with van der Waals surface area (Å²) in [6.07, 6.45) is 5.91. The van der Waals surface area contributed by atoms with Crippen LogP contribution in [0.2, 0.25) is 10.0 Å². The minimum atomic E-state index is -0.159. The van der Waals surface area contributed by atoms with Crippen LogP contribution in [-0.4, -0.2) is 12.0 Å². The van der Waals surface area contributed by atoms with Gasteiger partial charge in [-0.05, 0) is 37.8 Å². The average Bonchev–Trinajstić information content (AvgIpc) is 2.34. The Morgan fingerprint density at radius 1 is 1.21 bits per heavy atom. The molecule has 0 atom stereocenters. The van der Waals surface area contributed by atoms with Gasteiger partial charge in [0.1, 0.15) is 0 Å². The van der Waals surface area contributed by atoms with E-state index in [1.54, 1.807) is 12.1 Å². The van der Waals surface area contributed by atoms with E-state index in [0.29, 0.717) is 21.5 Å². The van der Waals surface area contributed by atoms with Gasteiger partial charge in [-0.1, -0.05) is 29.6 Å². The summed E-state index contributed by atoms with van der Waals surface area (Å²) in [4.78, 5) is 11.0. The SMILES string of the molecule is CC(=O)Nc1cc(Cl)c(OC2CCCCC2)c(Cl)c1. The van der Waals surface area contributed by atoms with Gasteiger partial charge in [-0.2, -0.15) is 0 Å². The molecule has 3 nitrogen and oxygen atoms in total. The number of nitrogens with one attached hydrogen (secondary N) is 1. The first-order valence-electron chi connectivity index (χ1n) is 6.49. The van der Waals surface area contributed by atoms with Crippen LogP contribution in [0.4, 0.5) is 5.69 Å². The summed E-state index contributed by atoms with van der Waals surface area (Å²) < 4.78 is 5.90. The van der Waals surface area contributed by atoms with Gasteiger partial charge in [0.15, 0.2) is 5.75 Å². The number of amides is 1. The Bertz CT molecular complexity index is 448. The summed E-state index contributed by atoms with van der Waals surface area (Å²) in [5.41, 5.74) is 0.582. The second-order valence-electron chi connectivity index (χ2n) is 4.83. The minimum absolute atomic E-state index is 0.159. The highest BCUT2D eigenvalue weighted by atomic mass is 35.5. The van der Waals surface area contributed by atoms with Crippen LogP contribution in [0.15, 0.2) is 12.1 Å². The van der Waals surface area contributed by atoms with Crippen LogP contribution in [-0.2, 0) is 4.79 Å². The molecule has 1 aliphatic carbocycles. The molecule has 5 heteroatoms. The molecule has 0 heterocycles. The van der Waals surface area contributed by atoms with Crippen molar-refractivity contribution in [1.82, 2.24) is 0 Å². The van der Waals surface area contributed by atoms with Crippen LogP contribution in [0.25, 0.3) is 0 Å². The van der Waals surface area contributed by atoms with Crippen LogP contribution in [0.5, 0.6) is 5.75 Å². The van der Waals surface area contributed by atoms with E-state index < -0.39 is 0 Å². The molecule has 0 spiro atoms. The molecule has 104 valence electrons. The lowest BCUT2D eigenvalue weighted by molar-refractivity contribution is -0.114. The van der Waals surface area contributed by atoms with Crippen LogP contribution in [0, 0.1) is 0 Å². The van der Waals surface area contributed by atoms with Crippen LogP contribution in [0.3, 0.4) is 0 Å². The van der Waals surface area contributed by atoms with E-state index in [2.05, 4.69) is 5.32 Å². The molecular weight excluding hydrogens is 285 g/mol. The van der Waals surface area contributed by atoms with Crippen molar-refractivity contribution in [2.24, 2.45) is 0 Å². The number of carbonyl (C=O) groups is 1. The highest BCUT2D eigenvalue weighted by Crippen LogP contribution is 2.38. The Balaban J connectivity index is 2.13. The van der Waals surface area contributed by atoms with Crippen molar-refractivity contribution >= 4 is 34.8 Å². The fourth-order valence-corrected chi connectivity index (χ4v) is 2.87. The number of rotatable bonds is 3. The van der Waals surface area contributed by atoms with Gasteiger partial charge in [0, 0.05) is 12.6 Å². The average molecular weight is 302 g/mol. The number of ether oxygens (including phenoxy) is 1. The maximum atomic E-state index is 11.0. The summed E-state index contributed by atoms with van der Waals surface area (Å²) in [5, 5.41) is 3.52. The summed E-state index contributed by atoms with van der Waals surface area (Å²) in [6.45, 7) is 1.44. The molecular formula is C14H17Cl2NO2. The molecule has 0 saturated heterocycles. The molecule has 0 radical (unpaired) electrons. The second-order valence-corrected chi connectivity index (χ2v) is 5.64. The number of benzene rings is 1. The molecule has 1 saturated carbocycles. The van der Waals surface area contributed by atoms with E-state index in [-0.39, 0.29) is 12.0 Å². The molecule has 19 heavy (non-hydrogen) atoms. The van der Waals surface area contributed by atoms with Gasteiger partial charge in [-0.3, -0.25) is 4.79 Å². The van der Waals surface area contributed by atoms with Crippen LogP contribution in [0.1, 0.15) is 39.0 Å². The first kappa shape index (κ1) is 14.5. The molecule has 1 fully saturated rings. The quantitative estimate of drug-likeness (QED) is 0.881. The zero-order chi connectivity index (χ0) is 13.8. The van der Waals surface area contributed by atoms with Gasteiger partial charge in [0.05, 0.1) is 16.1 Å². The summed E-state index contributed by atoms with van der Waals surface area (Å²) in [6, 6.07) is 3.32. The van der Waals surface area contributed by atoms with Crippen molar-refractivity contribution in [3.63, 3.8) is 0 Å². The molecule has 0 bridgehead atoms. The summed E-state index contributed by atoms with van der Waals surface area (Å²) in [5.74, 6) is 0.359. The molecule has 1 N–H and O–H groups in total. The Morgan fingerprint density at radius 3 is 2.32 bits per heavy atom. The van der Waals surface area contributed by atoms with Gasteiger partial charge in [-0.25, -0.2) is 0 Å². The Morgan fingerprint density at radius 2 is 1.79 bits per heavy atom. The summed E-state index contributed by atoms with van der Waals surface area (Å²) in [7, 11) is 0. The van der Waals surface area contributed by atoms with E-state index >= 15 is 0 Å². The van der Waals surface area contributed by atoms with Gasteiger partial charge >= 0.3 is 0 Å². The van der Waals surface area contributed by atoms with Crippen molar-refractivity contribution in [2.75, 3.05) is 5.32 Å². The topological polar surface area (TPSA) is 38.3 Å². The fraction of sp³-hybridized carbons (Fsp3) is 0.500. The molecule has 0 aromatic heterocycles. The summed E-state index contributed by atoms with van der Waals surface area (Å²) >= 11 is 12.4. The van der Waals surface area contributed by atoms with Gasteiger partial charge in [-0.15, -0.1) is 0 Å². The molecule has 1 aliphatic rings.